The van der Waals surface area contributed by atoms with Gasteiger partial charge in [-0.2, -0.15) is 0 Å². The number of methoxy groups -OCH3 is 2. The summed E-state index contributed by atoms with van der Waals surface area (Å²) in [5, 5.41) is 0.941. The van der Waals surface area contributed by atoms with Crippen LogP contribution in [0.2, 0.25) is 0 Å². The van der Waals surface area contributed by atoms with E-state index in [-0.39, 0.29) is 12.0 Å². The lowest BCUT2D eigenvalue weighted by molar-refractivity contribution is -0.127. The molecule has 0 bridgehead atoms. The lowest BCUT2D eigenvalue weighted by Crippen LogP contribution is -2.50. The molecule has 1 aliphatic heterocycles. The smallest absolute Gasteiger partial charge is 0.409 e. The number of piperazine rings is 1. The monoisotopic (exact) mass is 492 g/mol. The van der Waals surface area contributed by atoms with Gasteiger partial charge in [0.1, 0.15) is 17.1 Å². The van der Waals surface area contributed by atoms with Crippen molar-refractivity contribution in [3.05, 3.63) is 53.8 Å². The predicted molar refractivity (Wildman–Crippen MR) is 138 cm³/mol. The number of nitrogens with zero attached hydrogens (tertiary/aromatic N) is 2. The lowest BCUT2D eigenvalue weighted by Gasteiger charge is -2.33. The Hall–Kier alpha value is -3.94. The molecule has 8 heteroatoms. The van der Waals surface area contributed by atoms with E-state index in [1.54, 1.807) is 43.3 Å². The number of hydrogen-bond acceptors (Lipinski definition) is 6. The van der Waals surface area contributed by atoms with Crippen LogP contribution in [0.4, 0.5) is 4.79 Å². The maximum atomic E-state index is 13.1. The van der Waals surface area contributed by atoms with Crippen molar-refractivity contribution in [1.82, 2.24) is 9.80 Å². The lowest BCUT2D eigenvalue weighted by atomic mass is 9.96. The molecule has 8 nitrogen and oxygen atoms in total. The molecule has 1 aliphatic rings. The third-order valence-corrected chi connectivity index (χ3v) is 6.53. The molecule has 190 valence electrons. The number of furan rings is 1. The minimum Gasteiger partial charge on any atom is -0.497 e. The molecular formula is C28H32N2O6. The summed E-state index contributed by atoms with van der Waals surface area (Å²) in [6, 6.07) is 9.82. The van der Waals surface area contributed by atoms with Crippen LogP contribution in [-0.4, -0.2) is 68.8 Å². The third kappa shape index (κ3) is 4.89. The van der Waals surface area contributed by atoms with Gasteiger partial charge in [0, 0.05) is 54.3 Å². The van der Waals surface area contributed by atoms with Crippen LogP contribution in [0.25, 0.3) is 27.7 Å². The fourth-order valence-electron chi connectivity index (χ4n) is 4.54. The highest BCUT2D eigenvalue weighted by Gasteiger charge is 2.25. The highest BCUT2D eigenvalue weighted by molar-refractivity contribution is 6.01. The molecule has 1 saturated heterocycles. The van der Waals surface area contributed by atoms with Gasteiger partial charge >= 0.3 is 6.09 Å². The van der Waals surface area contributed by atoms with Crippen LogP contribution in [0, 0.1) is 6.92 Å². The quantitative estimate of drug-likeness (QED) is 0.444. The normalized spacial score (nSPS) is 14.2. The minimum absolute atomic E-state index is 0.0987. The molecule has 0 saturated carbocycles. The number of benzene rings is 2. The van der Waals surface area contributed by atoms with Crippen molar-refractivity contribution in [2.24, 2.45) is 0 Å². The molecule has 1 fully saturated rings. The molecule has 0 radical (unpaired) electrons. The van der Waals surface area contributed by atoms with Crippen LogP contribution in [0.1, 0.15) is 25.0 Å². The zero-order valence-electron chi connectivity index (χ0n) is 21.4. The SMILES string of the molecule is CCOC(=O)N1CCN(C(=O)/C=C(\C)c2cc3c(-c4ccc(OC)cc4)coc3c(C)c2OC)CC1. The van der Waals surface area contributed by atoms with Crippen LogP contribution in [0.3, 0.4) is 0 Å². The van der Waals surface area contributed by atoms with Crippen molar-refractivity contribution in [3.63, 3.8) is 0 Å². The van der Waals surface area contributed by atoms with Gasteiger partial charge in [0.15, 0.2) is 0 Å². The summed E-state index contributed by atoms with van der Waals surface area (Å²) in [6.45, 7) is 7.79. The molecule has 0 atom stereocenters. The number of carbonyl (C=O) groups is 2. The number of hydrogen-bond donors (Lipinski definition) is 0. The van der Waals surface area contributed by atoms with E-state index in [0.29, 0.717) is 38.5 Å². The molecule has 2 aromatic carbocycles. The van der Waals surface area contributed by atoms with Crippen LogP contribution >= 0.6 is 0 Å². The van der Waals surface area contributed by atoms with Gasteiger partial charge in [-0.15, -0.1) is 0 Å². The van der Waals surface area contributed by atoms with E-state index >= 15 is 0 Å². The molecule has 3 aromatic rings. The number of fused-ring (bicyclic) bond motifs is 1. The number of amides is 2. The summed E-state index contributed by atoms with van der Waals surface area (Å²) in [5.41, 5.74) is 5.19. The van der Waals surface area contributed by atoms with Crippen LogP contribution in [0.5, 0.6) is 11.5 Å². The van der Waals surface area contributed by atoms with Crippen molar-refractivity contribution in [3.8, 4) is 22.6 Å². The largest absolute Gasteiger partial charge is 0.497 e. The highest BCUT2D eigenvalue weighted by atomic mass is 16.6. The number of allylic oxidation sites excluding steroid dienone is 1. The zero-order chi connectivity index (χ0) is 25.8. The second-order valence-corrected chi connectivity index (χ2v) is 8.68. The van der Waals surface area contributed by atoms with Crippen molar-refractivity contribution in [1.29, 1.82) is 0 Å². The topological polar surface area (TPSA) is 81.5 Å². The Labute approximate surface area is 211 Å². The Balaban J connectivity index is 1.63. The van der Waals surface area contributed by atoms with E-state index in [0.717, 1.165) is 44.5 Å². The second kappa shape index (κ2) is 10.8. The first-order valence-electron chi connectivity index (χ1n) is 12.0. The van der Waals surface area contributed by atoms with Crippen LogP contribution < -0.4 is 9.47 Å². The summed E-state index contributed by atoms with van der Waals surface area (Å²) in [7, 11) is 3.26. The number of carbonyl (C=O) groups excluding carboxylic acids is 2. The maximum Gasteiger partial charge on any atom is 0.409 e. The second-order valence-electron chi connectivity index (χ2n) is 8.68. The number of ether oxygens (including phenoxy) is 3. The molecular weight excluding hydrogens is 460 g/mol. The summed E-state index contributed by atoms with van der Waals surface area (Å²) in [5.74, 6) is 1.36. The third-order valence-electron chi connectivity index (χ3n) is 6.53. The molecule has 2 heterocycles. The molecule has 0 aliphatic carbocycles. The van der Waals surface area contributed by atoms with Crippen LogP contribution in [0.15, 0.2) is 47.1 Å². The van der Waals surface area contributed by atoms with E-state index in [1.165, 1.54) is 0 Å². The molecule has 0 N–H and O–H groups in total. The Morgan fingerprint density at radius 3 is 2.31 bits per heavy atom. The zero-order valence-corrected chi connectivity index (χ0v) is 21.4. The van der Waals surface area contributed by atoms with E-state index in [4.69, 9.17) is 18.6 Å². The average molecular weight is 493 g/mol. The van der Waals surface area contributed by atoms with Gasteiger partial charge in [-0.25, -0.2) is 4.79 Å². The molecule has 2 amide bonds. The Morgan fingerprint density at radius 1 is 1.03 bits per heavy atom. The van der Waals surface area contributed by atoms with Gasteiger partial charge in [-0.3, -0.25) is 4.79 Å². The van der Waals surface area contributed by atoms with Crippen LogP contribution in [-0.2, 0) is 9.53 Å². The highest BCUT2D eigenvalue weighted by Crippen LogP contribution is 2.40. The molecule has 0 unspecified atom stereocenters. The van der Waals surface area contributed by atoms with Crippen molar-refractivity contribution in [2.45, 2.75) is 20.8 Å². The van der Waals surface area contributed by atoms with E-state index in [9.17, 15) is 9.59 Å². The first-order chi connectivity index (χ1) is 17.4. The molecule has 1 aromatic heterocycles. The Kier molecular flexibility index (Phi) is 7.52. The maximum absolute atomic E-state index is 13.1. The standard InChI is InChI=1S/C28H32N2O6/c1-6-35-28(32)30-13-11-29(12-14-30)25(31)15-18(2)22-16-23-24(20-7-9-21(33-4)10-8-20)17-36-27(23)19(3)26(22)34-5/h7-10,15-17H,6,11-14H2,1-5H3/b18-15+. The number of rotatable bonds is 6. The molecule has 36 heavy (non-hydrogen) atoms. The van der Waals surface area contributed by atoms with Gasteiger partial charge in [-0.1, -0.05) is 12.1 Å². The van der Waals surface area contributed by atoms with E-state index < -0.39 is 0 Å². The summed E-state index contributed by atoms with van der Waals surface area (Å²) < 4.78 is 22.0. The van der Waals surface area contributed by atoms with E-state index in [2.05, 4.69) is 0 Å². The summed E-state index contributed by atoms with van der Waals surface area (Å²) >= 11 is 0. The average Bonchev–Trinajstić information content (AvgIpc) is 3.33. The van der Waals surface area contributed by atoms with E-state index in [1.807, 2.05) is 44.2 Å². The minimum atomic E-state index is -0.336. The first-order valence-corrected chi connectivity index (χ1v) is 12.0. The summed E-state index contributed by atoms with van der Waals surface area (Å²) in [4.78, 5) is 28.4. The Morgan fingerprint density at radius 2 is 1.69 bits per heavy atom. The van der Waals surface area contributed by atoms with Crippen molar-refractivity contribution < 1.29 is 28.2 Å². The Bertz CT molecular complexity index is 1280. The van der Waals surface area contributed by atoms with Crippen molar-refractivity contribution >= 4 is 28.5 Å². The van der Waals surface area contributed by atoms with Gasteiger partial charge in [0.2, 0.25) is 5.91 Å². The predicted octanol–water partition coefficient (Wildman–Crippen LogP) is 5.13. The molecule has 0 spiro atoms. The van der Waals surface area contributed by atoms with Gasteiger partial charge in [0.25, 0.3) is 0 Å². The fraction of sp³-hybridized carbons (Fsp3) is 0.357. The van der Waals surface area contributed by atoms with Gasteiger partial charge in [0.05, 0.1) is 27.1 Å². The molecule has 4 rings (SSSR count). The van der Waals surface area contributed by atoms with Gasteiger partial charge in [-0.05, 0) is 50.1 Å². The van der Waals surface area contributed by atoms with Crippen molar-refractivity contribution in [2.75, 3.05) is 47.0 Å². The van der Waals surface area contributed by atoms with Gasteiger partial charge < -0.3 is 28.4 Å². The number of aryl methyl sites for hydroxylation is 1. The fourth-order valence-corrected chi connectivity index (χ4v) is 4.54. The summed E-state index contributed by atoms with van der Waals surface area (Å²) in [6.07, 6.45) is 3.05. The first kappa shape index (κ1) is 25.2.